The minimum Gasteiger partial charge on any atom is -0.330 e. The lowest BCUT2D eigenvalue weighted by molar-refractivity contribution is 0.806. The Hall–Kier alpha value is -1.59. The minimum absolute atomic E-state index is 0.122. The average molecular weight is 261 g/mol. The Bertz CT molecular complexity index is 551. The Morgan fingerprint density at radius 1 is 1.22 bits per heavy atom. The van der Waals surface area contributed by atoms with Crippen LogP contribution in [0.15, 0.2) is 47.4 Å². The van der Waals surface area contributed by atoms with Crippen molar-refractivity contribution in [3.8, 4) is 5.69 Å². The third-order valence-corrected chi connectivity index (χ3v) is 3.49. The molecule has 1 aromatic carbocycles. The van der Waals surface area contributed by atoms with Gasteiger partial charge in [0.25, 0.3) is 5.56 Å². The number of hydrogen-bond donors (Lipinski definition) is 1. The summed E-state index contributed by atoms with van der Waals surface area (Å²) < 4.78 is 1.39. The molecule has 0 bridgehead atoms. The Morgan fingerprint density at radius 3 is 2.67 bits per heavy atom. The van der Waals surface area contributed by atoms with Gasteiger partial charge >= 0.3 is 0 Å². The van der Waals surface area contributed by atoms with Crippen molar-refractivity contribution in [2.75, 3.05) is 12.3 Å². The molecule has 1 aromatic heterocycles. The molecule has 0 aliphatic heterocycles. The molecule has 0 radical (unpaired) electrons. The molecule has 0 spiro atoms. The molecule has 0 fully saturated rings. The maximum absolute atomic E-state index is 11.6. The van der Waals surface area contributed by atoms with Crippen molar-refractivity contribution < 1.29 is 0 Å². The monoisotopic (exact) mass is 261 g/mol. The maximum Gasteiger partial charge on any atom is 0.271 e. The third kappa shape index (κ3) is 3.21. The standard InChI is InChI=1S/C13H15N3OS/c14-7-9-18-10-11-3-5-12(6-4-11)16-13(17)2-1-8-15-16/h1-6,8H,7,9-10,14H2. The fourth-order valence-corrected chi connectivity index (χ4v) is 2.30. The summed E-state index contributed by atoms with van der Waals surface area (Å²) in [6.45, 7) is 0.700. The van der Waals surface area contributed by atoms with Crippen molar-refractivity contribution in [2.45, 2.75) is 5.75 Å². The molecule has 0 aliphatic rings. The quantitative estimate of drug-likeness (QED) is 0.827. The van der Waals surface area contributed by atoms with E-state index in [-0.39, 0.29) is 5.56 Å². The molecule has 5 heteroatoms. The van der Waals surface area contributed by atoms with Crippen molar-refractivity contribution in [3.63, 3.8) is 0 Å². The molecule has 4 nitrogen and oxygen atoms in total. The van der Waals surface area contributed by atoms with E-state index < -0.39 is 0 Å². The van der Waals surface area contributed by atoms with E-state index in [9.17, 15) is 4.79 Å². The zero-order chi connectivity index (χ0) is 12.8. The Kier molecular flexibility index (Phi) is 4.55. The molecular weight excluding hydrogens is 246 g/mol. The summed E-state index contributed by atoms with van der Waals surface area (Å²) in [6.07, 6.45) is 1.60. The van der Waals surface area contributed by atoms with Gasteiger partial charge < -0.3 is 5.73 Å². The Labute approximate surface area is 110 Å². The molecule has 2 rings (SSSR count). The second-order valence-corrected chi connectivity index (χ2v) is 4.89. The van der Waals surface area contributed by atoms with Gasteiger partial charge in [-0.3, -0.25) is 4.79 Å². The van der Waals surface area contributed by atoms with Crippen LogP contribution in [0.5, 0.6) is 0 Å². The van der Waals surface area contributed by atoms with E-state index >= 15 is 0 Å². The van der Waals surface area contributed by atoms with Gasteiger partial charge in [-0.15, -0.1) is 0 Å². The van der Waals surface area contributed by atoms with E-state index in [1.165, 1.54) is 16.3 Å². The molecule has 94 valence electrons. The van der Waals surface area contributed by atoms with Crippen LogP contribution in [0, 0.1) is 0 Å². The first-order chi connectivity index (χ1) is 8.81. The van der Waals surface area contributed by atoms with E-state index in [1.807, 2.05) is 24.3 Å². The van der Waals surface area contributed by atoms with Crippen LogP contribution in [0.3, 0.4) is 0 Å². The first-order valence-corrected chi connectivity index (χ1v) is 6.88. The van der Waals surface area contributed by atoms with Crippen molar-refractivity contribution in [3.05, 3.63) is 58.5 Å². The summed E-state index contributed by atoms with van der Waals surface area (Å²) in [5.41, 5.74) is 7.33. The van der Waals surface area contributed by atoms with Crippen molar-refractivity contribution in [2.24, 2.45) is 5.73 Å². The van der Waals surface area contributed by atoms with E-state index in [1.54, 1.807) is 24.0 Å². The molecule has 0 saturated heterocycles. The summed E-state index contributed by atoms with van der Waals surface area (Å²) in [5, 5.41) is 4.04. The van der Waals surface area contributed by atoms with E-state index in [2.05, 4.69) is 5.10 Å². The normalized spacial score (nSPS) is 10.5. The van der Waals surface area contributed by atoms with Gasteiger partial charge in [-0.25, -0.2) is 0 Å². The average Bonchev–Trinajstić information content (AvgIpc) is 2.41. The molecule has 2 N–H and O–H groups in total. The lowest BCUT2D eigenvalue weighted by Crippen LogP contribution is -2.18. The number of aromatic nitrogens is 2. The number of hydrogen-bond acceptors (Lipinski definition) is 4. The second-order valence-electron chi connectivity index (χ2n) is 3.78. The van der Waals surface area contributed by atoms with Gasteiger partial charge in [-0.2, -0.15) is 21.5 Å². The molecule has 0 saturated carbocycles. The van der Waals surface area contributed by atoms with Crippen LogP contribution in [-0.2, 0) is 5.75 Å². The lowest BCUT2D eigenvalue weighted by Gasteiger charge is -2.05. The molecule has 0 aliphatic carbocycles. The topological polar surface area (TPSA) is 60.9 Å². The highest BCUT2D eigenvalue weighted by molar-refractivity contribution is 7.98. The maximum atomic E-state index is 11.6. The lowest BCUT2D eigenvalue weighted by atomic mass is 10.2. The van der Waals surface area contributed by atoms with Crippen LogP contribution in [0.25, 0.3) is 5.69 Å². The van der Waals surface area contributed by atoms with Gasteiger partial charge in [-0.1, -0.05) is 12.1 Å². The molecule has 18 heavy (non-hydrogen) atoms. The first kappa shape index (κ1) is 12.9. The van der Waals surface area contributed by atoms with Gasteiger partial charge in [0.2, 0.25) is 0 Å². The summed E-state index contributed by atoms with van der Waals surface area (Å²) in [5.74, 6) is 1.90. The Morgan fingerprint density at radius 2 is 2.00 bits per heavy atom. The van der Waals surface area contributed by atoms with Crippen LogP contribution in [0.4, 0.5) is 0 Å². The van der Waals surface area contributed by atoms with E-state index in [0.29, 0.717) is 6.54 Å². The van der Waals surface area contributed by atoms with Gasteiger partial charge in [0.15, 0.2) is 0 Å². The van der Waals surface area contributed by atoms with E-state index in [4.69, 9.17) is 5.73 Å². The summed E-state index contributed by atoms with van der Waals surface area (Å²) >= 11 is 1.80. The van der Waals surface area contributed by atoms with Crippen molar-refractivity contribution >= 4 is 11.8 Å². The van der Waals surface area contributed by atoms with Gasteiger partial charge in [-0.05, 0) is 23.8 Å². The predicted octanol–water partition coefficient (Wildman–Crippen LogP) is 1.42. The fourth-order valence-electron chi connectivity index (χ4n) is 1.56. The molecule has 1 heterocycles. The fraction of sp³-hybridized carbons (Fsp3) is 0.231. The minimum atomic E-state index is -0.122. The number of nitrogens with zero attached hydrogens (tertiary/aromatic N) is 2. The molecule has 0 atom stereocenters. The second kappa shape index (κ2) is 6.37. The first-order valence-electron chi connectivity index (χ1n) is 5.73. The number of thioether (sulfide) groups is 1. The smallest absolute Gasteiger partial charge is 0.271 e. The SMILES string of the molecule is NCCSCc1ccc(-n2ncccc2=O)cc1. The van der Waals surface area contributed by atoms with Crippen LogP contribution < -0.4 is 11.3 Å². The number of rotatable bonds is 5. The zero-order valence-electron chi connectivity index (χ0n) is 9.95. The van der Waals surface area contributed by atoms with Crippen molar-refractivity contribution in [1.29, 1.82) is 0 Å². The number of benzene rings is 1. The van der Waals surface area contributed by atoms with Gasteiger partial charge in [0.1, 0.15) is 0 Å². The molecule has 0 amide bonds. The van der Waals surface area contributed by atoms with Gasteiger partial charge in [0, 0.05) is 30.3 Å². The highest BCUT2D eigenvalue weighted by Crippen LogP contribution is 2.13. The summed E-state index contributed by atoms with van der Waals surface area (Å²) in [7, 11) is 0. The highest BCUT2D eigenvalue weighted by Gasteiger charge is 2.00. The van der Waals surface area contributed by atoms with Crippen LogP contribution >= 0.6 is 11.8 Å². The Balaban J connectivity index is 2.13. The largest absolute Gasteiger partial charge is 0.330 e. The summed E-state index contributed by atoms with van der Waals surface area (Å²) in [4.78, 5) is 11.6. The van der Waals surface area contributed by atoms with Crippen LogP contribution in [0.2, 0.25) is 0 Å². The zero-order valence-corrected chi connectivity index (χ0v) is 10.8. The summed E-state index contributed by atoms with van der Waals surface area (Å²) in [6, 6.07) is 11.0. The highest BCUT2D eigenvalue weighted by atomic mass is 32.2. The van der Waals surface area contributed by atoms with E-state index in [0.717, 1.165) is 17.2 Å². The molecule has 0 unspecified atom stereocenters. The molecular formula is C13H15N3OS. The molecule has 2 aromatic rings. The third-order valence-electron chi connectivity index (χ3n) is 2.43. The van der Waals surface area contributed by atoms with Crippen LogP contribution in [-0.4, -0.2) is 22.1 Å². The van der Waals surface area contributed by atoms with Gasteiger partial charge in [0.05, 0.1) is 5.69 Å². The number of nitrogens with two attached hydrogens (primary N) is 1. The van der Waals surface area contributed by atoms with Crippen LogP contribution in [0.1, 0.15) is 5.56 Å². The predicted molar refractivity (Wildman–Crippen MR) is 75.1 cm³/mol. The van der Waals surface area contributed by atoms with Crippen molar-refractivity contribution in [1.82, 2.24) is 9.78 Å².